The molecule has 1 aromatic rings. The summed E-state index contributed by atoms with van der Waals surface area (Å²) in [6.07, 6.45) is 9.08. The van der Waals surface area contributed by atoms with Crippen LogP contribution in [0.15, 0.2) is 9.59 Å². The molecule has 0 bridgehead atoms. The normalized spacial score (nSPS) is 15.1. The van der Waals surface area contributed by atoms with Gasteiger partial charge in [-0.3, -0.25) is 19.1 Å². The van der Waals surface area contributed by atoms with Crippen LogP contribution >= 0.6 is 0 Å². The predicted octanol–water partition coefficient (Wildman–Crippen LogP) is 3.27. The monoisotopic (exact) mass is 392 g/mol. The zero-order valence-electron chi connectivity index (χ0n) is 17.6. The maximum atomic E-state index is 13.0. The van der Waals surface area contributed by atoms with E-state index in [-0.39, 0.29) is 23.3 Å². The van der Waals surface area contributed by atoms with Gasteiger partial charge in [-0.2, -0.15) is 0 Å². The van der Waals surface area contributed by atoms with Crippen molar-refractivity contribution in [2.75, 3.05) is 17.2 Å². The van der Waals surface area contributed by atoms with E-state index in [1.54, 1.807) is 0 Å². The molecule has 7 nitrogen and oxygen atoms in total. The Morgan fingerprint density at radius 2 is 1.93 bits per heavy atom. The van der Waals surface area contributed by atoms with Gasteiger partial charge in [0.15, 0.2) is 5.69 Å². The summed E-state index contributed by atoms with van der Waals surface area (Å²) >= 11 is 0. The van der Waals surface area contributed by atoms with Gasteiger partial charge < -0.3 is 10.6 Å². The average molecular weight is 393 g/mol. The van der Waals surface area contributed by atoms with E-state index in [1.807, 2.05) is 20.8 Å². The number of H-pyrrole nitrogens is 1. The number of hydrogen-bond acceptors (Lipinski definition) is 4. The molecular weight excluding hydrogens is 356 g/mol. The van der Waals surface area contributed by atoms with Crippen molar-refractivity contribution >= 4 is 17.4 Å². The average Bonchev–Trinajstić information content (AvgIpc) is 2.66. The molecule has 0 saturated heterocycles. The highest BCUT2D eigenvalue weighted by atomic mass is 16.2. The highest BCUT2D eigenvalue weighted by Crippen LogP contribution is 2.28. The Balaban J connectivity index is 2.29. The van der Waals surface area contributed by atoms with Crippen LogP contribution in [0.5, 0.6) is 0 Å². The topological polar surface area (TPSA) is 101 Å². The van der Waals surface area contributed by atoms with Crippen molar-refractivity contribution in [2.45, 2.75) is 85.1 Å². The summed E-state index contributed by atoms with van der Waals surface area (Å²) in [4.78, 5) is 41.7. The van der Waals surface area contributed by atoms with Crippen LogP contribution in [-0.2, 0) is 11.3 Å². The van der Waals surface area contributed by atoms with E-state index in [0.717, 1.165) is 19.3 Å². The van der Waals surface area contributed by atoms with Crippen molar-refractivity contribution in [3.8, 4) is 0 Å². The summed E-state index contributed by atoms with van der Waals surface area (Å²) in [5.74, 6) is 0.789. The molecule has 0 atom stereocenters. The number of rotatable bonds is 9. The predicted molar refractivity (Wildman–Crippen MR) is 114 cm³/mol. The van der Waals surface area contributed by atoms with E-state index in [2.05, 4.69) is 4.98 Å². The highest BCUT2D eigenvalue weighted by molar-refractivity contribution is 5.95. The summed E-state index contributed by atoms with van der Waals surface area (Å²) in [7, 11) is 0. The Bertz CT molecular complexity index is 760. The number of amides is 1. The first kappa shape index (κ1) is 22.2. The standard InChI is InChI=1S/C21H36N4O3/c1-4-5-13-24(17(26)12-11-16-9-7-6-8-10-16)18-19(22)25(14-15(2)3)21(28)23-20(18)27/h15-16H,4-14,22H2,1-3H3,(H,23,27,28). The molecule has 1 fully saturated rings. The molecule has 1 saturated carbocycles. The zero-order valence-corrected chi connectivity index (χ0v) is 17.6. The Morgan fingerprint density at radius 3 is 2.54 bits per heavy atom. The molecule has 1 aliphatic carbocycles. The molecule has 1 heterocycles. The lowest BCUT2D eigenvalue weighted by Crippen LogP contribution is -2.42. The summed E-state index contributed by atoms with van der Waals surface area (Å²) in [6.45, 7) is 6.82. The molecule has 2 rings (SSSR count). The van der Waals surface area contributed by atoms with Crippen molar-refractivity contribution in [1.82, 2.24) is 9.55 Å². The number of hydrogen-bond donors (Lipinski definition) is 2. The molecule has 7 heteroatoms. The van der Waals surface area contributed by atoms with Gasteiger partial charge in [-0.15, -0.1) is 0 Å². The van der Waals surface area contributed by atoms with Crippen LogP contribution in [0.4, 0.5) is 11.5 Å². The lowest BCUT2D eigenvalue weighted by molar-refractivity contribution is -0.119. The third-order valence-corrected chi connectivity index (χ3v) is 5.56. The summed E-state index contributed by atoms with van der Waals surface area (Å²) in [6, 6.07) is 0. The van der Waals surface area contributed by atoms with Gasteiger partial charge in [-0.05, 0) is 24.7 Å². The van der Waals surface area contributed by atoms with Gasteiger partial charge in [0.1, 0.15) is 5.82 Å². The van der Waals surface area contributed by atoms with Crippen molar-refractivity contribution in [2.24, 2.45) is 11.8 Å². The number of carbonyl (C=O) groups is 1. The van der Waals surface area contributed by atoms with Crippen molar-refractivity contribution in [3.63, 3.8) is 0 Å². The third kappa shape index (κ3) is 5.72. The Labute approximate surface area is 167 Å². The van der Waals surface area contributed by atoms with Gasteiger partial charge in [-0.25, -0.2) is 4.79 Å². The summed E-state index contributed by atoms with van der Waals surface area (Å²) < 4.78 is 1.37. The van der Waals surface area contributed by atoms with Gasteiger partial charge in [0.25, 0.3) is 5.56 Å². The van der Waals surface area contributed by atoms with Crippen LogP contribution in [0, 0.1) is 11.8 Å². The Kier molecular flexibility index (Phi) is 8.33. The molecule has 0 spiro atoms. The van der Waals surface area contributed by atoms with Crippen molar-refractivity contribution in [3.05, 3.63) is 20.8 Å². The number of nitrogen functional groups attached to an aromatic ring is 1. The minimum atomic E-state index is -0.579. The first-order chi connectivity index (χ1) is 13.3. The lowest BCUT2D eigenvalue weighted by Gasteiger charge is -2.26. The summed E-state index contributed by atoms with van der Waals surface area (Å²) in [5, 5.41) is 0. The van der Waals surface area contributed by atoms with Crippen molar-refractivity contribution < 1.29 is 4.79 Å². The summed E-state index contributed by atoms with van der Waals surface area (Å²) in [5.41, 5.74) is 5.26. The van der Waals surface area contributed by atoms with E-state index < -0.39 is 11.2 Å². The molecule has 28 heavy (non-hydrogen) atoms. The quantitative estimate of drug-likeness (QED) is 0.673. The number of unbranched alkanes of at least 4 members (excludes halogenated alkanes) is 1. The van der Waals surface area contributed by atoms with E-state index in [9.17, 15) is 14.4 Å². The second-order valence-electron chi connectivity index (χ2n) is 8.44. The second-order valence-corrected chi connectivity index (χ2v) is 8.44. The van der Waals surface area contributed by atoms with E-state index >= 15 is 0 Å². The van der Waals surface area contributed by atoms with Gasteiger partial charge in [-0.1, -0.05) is 59.3 Å². The second kappa shape index (κ2) is 10.5. The molecule has 0 aliphatic heterocycles. The van der Waals surface area contributed by atoms with Crippen molar-refractivity contribution in [1.29, 1.82) is 0 Å². The molecule has 1 aliphatic rings. The number of nitrogens with zero attached hydrogens (tertiary/aromatic N) is 2. The van der Waals surface area contributed by atoms with Crippen LogP contribution < -0.4 is 21.9 Å². The minimum Gasteiger partial charge on any atom is -0.383 e. The fourth-order valence-electron chi connectivity index (χ4n) is 4.00. The van der Waals surface area contributed by atoms with Crippen LogP contribution in [0.25, 0.3) is 0 Å². The zero-order chi connectivity index (χ0) is 20.7. The fourth-order valence-corrected chi connectivity index (χ4v) is 4.00. The number of anilines is 2. The number of aromatic amines is 1. The largest absolute Gasteiger partial charge is 0.383 e. The number of nitrogens with one attached hydrogen (secondary N) is 1. The SMILES string of the molecule is CCCCN(C(=O)CCC1CCCCC1)c1c(N)n(CC(C)C)c(=O)[nH]c1=O. The molecular formula is C21H36N4O3. The molecule has 1 aromatic heterocycles. The lowest BCUT2D eigenvalue weighted by atomic mass is 9.86. The molecule has 1 amide bonds. The fraction of sp³-hybridized carbons (Fsp3) is 0.762. The molecule has 3 N–H and O–H groups in total. The van der Waals surface area contributed by atoms with Crippen LogP contribution in [-0.4, -0.2) is 22.0 Å². The van der Waals surface area contributed by atoms with Crippen LogP contribution in [0.1, 0.15) is 78.6 Å². The number of nitrogens with two attached hydrogens (primary N) is 1. The highest BCUT2D eigenvalue weighted by Gasteiger charge is 2.25. The smallest absolute Gasteiger partial charge is 0.330 e. The van der Waals surface area contributed by atoms with Gasteiger partial charge in [0, 0.05) is 19.5 Å². The van der Waals surface area contributed by atoms with Gasteiger partial charge in [0.05, 0.1) is 0 Å². The van der Waals surface area contributed by atoms with E-state index in [4.69, 9.17) is 5.73 Å². The molecule has 0 unspecified atom stereocenters. The van der Waals surface area contributed by atoms with E-state index in [1.165, 1.54) is 41.6 Å². The number of carbonyl (C=O) groups excluding carboxylic acids is 1. The third-order valence-electron chi connectivity index (χ3n) is 5.56. The van der Waals surface area contributed by atoms with Gasteiger partial charge in [0.2, 0.25) is 5.91 Å². The number of aromatic nitrogens is 2. The first-order valence-corrected chi connectivity index (χ1v) is 10.8. The molecule has 0 radical (unpaired) electrons. The van der Waals surface area contributed by atoms with Gasteiger partial charge >= 0.3 is 5.69 Å². The Morgan fingerprint density at radius 1 is 1.25 bits per heavy atom. The Hall–Kier alpha value is -2.05. The van der Waals surface area contributed by atoms with E-state index in [0.29, 0.717) is 25.4 Å². The maximum absolute atomic E-state index is 13.0. The molecule has 0 aromatic carbocycles. The van der Waals surface area contributed by atoms with Crippen LogP contribution in [0.2, 0.25) is 0 Å². The molecule has 158 valence electrons. The minimum absolute atomic E-state index is 0.0778. The van der Waals surface area contributed by atoms with Crippen LogP contribution in [0.3, 0.4) is 0 Å². The maximum Gasteiger partial charge on any atom is 0.330 e. The first-order valence-electron chi connectivity index (χ1n) is 10.8.